The maximum Gasteiger partial charge on any atom is 0.273 e. The number of H-pyrrole nitrogens is 1. The molecule has 198 valence electrons. The van der Waals surface area contributed by atoms with E-state index in [1.165, 1.54) is 29.1 Å². The summed E-state index contributed by atoms with van der Waals surface area (Å²) < 4.78 is 29.3. The molecule has 6 nitrogen and oxygen atoms in total. The lowest BCUT2D eigenvalue weighted by molar-refractivity contribution is 0.228. The van der Waals surface area contributed by atoms with Crippen molar-refractivity contribution >= 4 is 49.3 Å². The van der Waals surface area contributed by atoms with E-state index in [0.717, 1.165) is 53.6 Å². The highest BCUT2D eigenvalue weighted by molar-refractivity contribution is 7.94. The van der Waals surface area contributed by atoms with Crippen LogP contribution in [0.2, 0.25) is 0 Å². The average molecular weight is 557 g/mol. The molecule has 0 radical (unpaired) electrons. The zero-order valence-electron chi connectivity index (χ0n) is 20.7. The Morgan fingerprint density at radius 3 is 2.62 bits per heavy atom. The summed E-state index contributed by atoms with van der Waals surface area (Å²) in [7, 11) is -3.62. The second-order valence-electron chi connectivity index (χ2n) is 10.5. The van der Waals surface area contributed by atoms with Gasteiger partial charge in [-0.1, -0.05) is 39.5 Å². The van der Waals surface area contributed by atoms with E-state index < -0.39 is 10.0 Å². The smallest absolute Gasteiger partial charge is 0.273 e. The van der Waals surface area contributed by atoms with Gasteiger partial charge in [0.25, 0.3) is 10.0 Å². The lowest BCUT2D eigenvalue weighted by Crippen LogP contribution is -2.32. The Kier molecular flexibility index (Phi) is 7.51. The zero-order valence-corrected chi connectivity index (χ0v) is 23.1. The van der Waals surface area contributed by atoms with E-state index in [1.807, 2.05) is 29.8 Å². The minimum Gasteiger partial charge on any atom is -0.351 e. The molecule has 2 aliphatic carbocycles. The minimum atomic E-state index is -3.62. The molecule has 0 saturated heterocycles. The number of fused-ring (bicyclic) bond motifs is 1. The number of nitrogens with zero attached hydrogens (tertiary/aromatic N) is 3. The molecule has 4 aromatic rings. The maximum absolute atomic E-state index is 13.6. The Morgan fingerprint density at radius 2 is 1.95 bits per heavy atom. The Balaban J connectivity index is 0.00000280. The highest BCUT2D eigenvalue weighted by Crippen LogP contribution is 2.39. The van der Waals surface area contributed by atoms with Crippen LogP contribution >= 0.6 is 22.7 Å². The van der Waals surface area contributed by atoms with Crippen molar-refractivity contribution in [3.05, 3.63) is 52.9 Å². The number of hydrogen-bond donors (Lipinski definition) is 1. The minimum absolute atomic E-state index is 0. The van der Waals surface area contributed by atoms with Crippen LogP contribution in [-0.4, -0.2) is 42.4 Å². The van der Waals surface area contributed by atoms with E-state index in [1.54, 1.807) is 27.8 Å². The van der Waals surface area contributed by atoms with Gasteiger partial charge in [-0.2, -0.15) is 0 Å². The first-order chi connectivity index (χ1) is 17.4. The van der Waals surface area contributed by atoms with Crippen LogP contribution in [0.5, 0.6) is 0 Å². The van der Waals surface area contributed by atoms with Gasteiger partial charge in [0.05, 0.1) is 16.9 Å². The number of anilines is 1. The third kappa shape index (κ3) is 5.65. The molecule has 37 heavy (non-hydrogen) atoms. The van der Waals surface area contributed by atoms with Crippen LogP contribution in [0, 0.1) is 11.8 Å². The van der Waals surface area contributed by atoms with Crippen LogP contribution < -0.4 is 4.31 Å². The van der Waals surface area contributed by atoms with Crippen molar-refractivity contribution in [3.63, 3.8) is 0 Å². The summed E-state index contributed by atoms with van der Waals surface area (Å²) in [6.07, 6.45) is 6.77. The number of benzene rings is 1. The zero-order chi connectivity index (χ0) is 24.9. The molecule has 0 spiro atoms. The van der Waals surface area contributed by atoms with Gasteiger partial charge in [0.2, 0.25) is 0 Å². The summed E-state index contributed by atoms with van der Waals surface area (Å²) in [5, 5.41) is 3.77. The molecule has 0 bridgehead atoms. The van der Waals surface area contributed by atoms with Crippen molar-refractivity contribution in [1.29, 1.82) is 0 Å². The predicted molar refractivity (Wildman–Crippen MR) is 156 cm³/mol. The quantitative estimate of drug-likeness (QED) is 0.212. The molecule has 6 rings (SSSR count). The van der Waals surface area contributed by atoms with Gasteiger partial charge in [0, 0.05) is 42.1 Å². The number of thiophene rings is 1. The number of nitrogens with one attached hydrogen (secondary N) is 1. The standard InChI is InChI=1S/C27H32N4O2S3.CH4/c1-18(2)15-30(21-10-11-21)17-22-14-28-27(35-22)23-13-20-5-3-6-24(26(20)29-23)31(16-19-8-9-19)36(32,33)25-7-4-12-34-25;/h3-7,12-14,18-19,21,29H,8-11,15-17H2,1-2H3;1H4. The molecular formula is C28H36N4O2S3. The largest absolute Gasteiger partial charge is 0.351 e. The molecule has 2 saturated carbocycles. The van der Waals surface area contributed by atoms with E-state index in [-0.39, 0.29) is 7.43 Å². The first-order valence-corrected chi connectivity index (χ1v) is 15.9. The molecular weight excluding hydrogens is 521 g/mol. The fraction of sp³-hybridized carbons (Fsp3) is 0.464. The first-order valence-electron chi connectivity index (χ1n) is 12.8. The molecule has 1 N–H and O–H groups in total. The topological polar surface area (TPSA) is 69.3 Å². The number of sulfonamides is 1. The van der Waals surface area contributed by atoms with Crippen molar-refractivity contribution < 1.29 is 8.42 Å². The lowest BCUT2D eigenvalue weighted by atomic mass is 10.2. The summed E-state index contributed by atoms with van der Waals surface area (Å²) in [6, 6.07) is 12.2. The highest BCUT2D eigenvalue weighted by atomic mass is 32.2. The first kappa shape index (κ1) is 26.4. The third-order valence-electron chi connectivity index (χ3n) is 6.87. The predicted octanol–water partition coefficient (Wildman–Crippen LogP) is 7.21. The van der Waals surface area contributed by atoms with Crippen molar-refractivity contribution in [2.75, 3.05) is 17.4 Å². The molecule has 0 atom stereocenters. The van der Waals surface area contributed by atoms with Gasteiger partial charge in [-0.15, -0.1) is 22.7 Å². The molecule has 2 fully saturated rings. The Morgan fingerprint density at radius 1 is 1.14 bits per heavy atom. The number of rotatable bonds is 11. The van der Waals surface area contributed by atoms with E-state index >= 15 is 0 Å². The van der Waals surface area contributed by atoms with Crippen LogP contribution in [-0.2, 0) is 16.6 Å². The summed E-state index contributed by atoms with van der Waals surface area (Å²) in [5.41, 5.74) is 2.51. The molecule has 0 amide bonds. The summed E-state index contributed by atoms with van der Waals surface area (Å²) in [4.78, 5) is 12.1. The van der Waals surface area contributed by atoms with E-state index in [0.29, 0.717) is 28.3 Å². The molecule has 2 aliphatic rings. The monoisotopic (exact) mass is 556 g/mol. The Labute approximate surface area is 228 Å². The van der Waals surface area contributed by atoms with Crippen molar-refractivity contribution in [2.45, 2.75) is 63.8 Å². The van der Waals surface area contributed by atoms with Gasteiger partial charge in [-0.3, -0.25) is 9.21 Å². The van der Waals surface area contributed by atoms with Crippen LogP contribution in [0.15, 0.2) is 52.2 Å². The fourth-order valence-corrected chi connectivity index (χ4v) is 8.37. The second-order valence-corrected chi connectivity index (χ2v) is 14.7. The molecule has 1 aromatic carbocycles. The van der Waals surface area contributed by atoms with Crippen molar-refractivity contribution in [1.82, 2.24) is 14.9 Å². The number of aromatic amines is 1. The maximum atomic E-state index is 13.6. The highest BCUT2D eigenvalue weighted by Gasteiger charge is 2.34. The average Bonchev–Trinajstić information content (AvgIpc) is 3.68. The van der Waals surface area contributed by atoms with Crippen molar-refractivity contribution in [2.24, 2.45) is 11.8 Å². The van der Waals surface area contributed by atoms with Crippen LogP contribution in [0.4, 0.5) is 5.69 Å². The van der Waals surface area contributed by atoms with Gasteiger partial charge < -0.3 is 4.98 Å². The Hall–Kier alpha value is -2.20. The van der Waals surface area contributed by atoms with E-state index in [9.17, 15) is 8.42 Å². The van der Waals surface area contributed by atoms with Crippen LogP contribution in [0.3, 0.4) is 0 Å². The van der Waals surface area contributed by atoms with Crippen molar-refractivity contribution in [3.8, 4) is 10.7 Å². The SMILES string of the molecule is C.CC(C)CN(Cc1cnc(-c2cc3cccc(N(CC4CC4)S(=O)(=O)c4cccs4)c3[nH]2)s1)C1CC1. The van der Waals surface area contributed by atoms with Crippen LogP contribution in [0.25, 0.3) is 21.6 Å². The molecule has 3 heterocycles. The third-order valence-corrected chi connectivity index (χ3v) is 11.0. The normalized spacial score (nSPS) is 16.0. The summed E-state index contributed by atoms with van der Waals surface area (Å²) >= 11 is 3.00. The van der Waals surface area contributed by atoms with Gasteiger partial charge in [0.1, 0.15) is 9.22 Å². The second kappa shape index (κ2) is 10.5. The van der Waals surface area contributed by atoms with Gasteiger partial charge in [-0.05, 0) is 61.1 Å². The number of aromatic nitrogens is 2. The molecule has 0 aliphatic heterocycles. The number of para-hydroxylation sites is 1. The van der Waals surface area contributed by atoms with E-state index in [4.69, 9.17) is 4.98 Å². The van der Waals surface area contributed by atoms with Gasteiger partial charge in [0.15, 0.2) is 0 Å². The summed E-state index contributed by atoms with van der Waals surface area (Å²) in [6.45, 7) is 7.13. The van der Waals surface area contributed by atoms with Gasteiger partial charge in [-0.25, -0.2) is 13.4 Å². The lowest BCUT2D eigenvalue weighted by Gasteiger charge is -2.24. The number of hydrogen-bond acceptors (Lipinski definition) is 6. The number of thiazole rings is 1. The molecule has 3 aromatic heterocycles. The Bertz CT molecular complexity index is 1450. The van der Waals surface area contributed by atoms with Crippen LogP contribution in [0.1, 0.15) is 51.8 Å². The fourth-order valence-electron chi connectivity index (χ4n) is 4.80. The van der Waals surface area contributed by atoms with E-state index in [2.05, 4.69) is 29.8 Å². The molecule has 9 heteroatoms. The van der Waals surface area contributed by atoms with Gasteiger partial charge >= 0.3 is 0 Å². The molecule has 0 unspecified atom stereocenters. The summed E-state index contributed by atoms with van der Waals surface area (Å²) in [5.74, 6) is 1.07.